The molecular weight excluding hydrogens is 238 g/mol. The molecule has 3 nitrogen and oxygen atoms in total. The molecule has 19 heavy (non-hydrogen) atoms. The number of amides is 1. The molecule has 0 spiro atoms. The van der Waals surface area contributed by atoms with Crippen molar-refractivity contribution >= 4 is 5.91 Å². The van der Waals surface area contributed by atoms with Crippen molar-refractivity contribution in [2.45, 2.75) is 65.4 Å². The fourth-order valence-electron chi connectivity index (χ4n) is 3.90. The lowest BCUT2D eigenvalue weighted by Gasteiger charge is -2.41. The van der Waals surface area contributed by atoms with Gasteiger partial charge in [0.1, 0.15) is 0 Å². The molecule has 1 heterocycles. The first-order valence-corrected chi connectivity index (χ1v) is 7.86. The fourth-order valence-corrected chi connectivity index (χ4v) is 3.90. The zero-order valence-electron chi connectivity index (χ0n) is 12.7. The number of piperidine rings is 1. The van der Waals surface area contributed by atoms with E-state index in [1.807, 2.05) is 4.90 Å². The molecule has 0 aromatic carbocycles. The summed E-state index contributed by atoms with van der Waals surface area (Å²) in [7, 11) is 0. The van der Waals surface area contributed by atoms with Gasteiger partial charge in [-0.2, -0.15) is 0 Å². The van der Waals surface area contributed by atoms with Crippen LogP contribution in [0, 0.1) is 17.3 Å². The minimum atomic E-state index is -0.245. The van der Waals surface area contributed by atoms with Gasteiger partial charge in [0.05, 0.1) is 6.10 Å². The van der Waals surface area contributed by atoms with Crippen LogP contribution in [0.1, 0.15) is 59.3 Å². The molecule has 0 unspecified atom stereocenters. The van der Waals surface area contributed by atoms with Crippen molar-refractivity contribution in [3.63, 3.8) is 0 Å². The van der Waals surface area contributed by atoms with Crippen LogP contribution >= 0.6 is 0 Å². The minimum absolute atomic E-state index is 0.0875. The number of rotatable bonds is 3. The SMILES string of the molecule is CC(C)CC1(C)CCN(C(=O)[C@@H]2CC[C@@H](O)C2)CC1. The number of hydrogen-bond donors (Lipinski definition) is 1. The number of carbonyl (C=O) groups excluding carboxylic acids is 1. The summed E-state index contributed by atoms with van der Waals surface area (Å²) in [4.78, 5) is 14.4. The average Bonchev–Trinajstić information content (AvgIpc) is 2.74. The summed E-state index contributed by atoms with van der Waals surface area (Å²) < 4.78 is 0. The maximum atomic E-state index is 12.4. The van der Waals surface area contributed by atoms with E-state index in [0.29, 0.717) is 17.7 Å². The predicted molar refractivity (Wildman–Crippen MR) is 76.7 cm³/mol. The van der Waals surface area contributed by atoms with Gasteiger partial charge in [-0.25, -0.2) is 0 Å². The molecule has 1 aliphatic heterocycles. The fraction of sp³-hybridized carbons (Fsp3) is 0.938. The summed E-state index contributed by atoms with van der Waals surface area (Å²) in [5, 5.41) is 9.56. The van der Waals surface area contributed by atoms with Crippen LogP contribution in [0.25, 0.3) is 0 Å². The van der Waals surface area contributed by atoms with E-state index in [0.717, 1.165) is 44.7 Å². The molecule has 0 aromatic rings. The van der Waals surface area contributed by atoms with Crippen LogP contribution in [0.2, 0.25) is 0 Å². The third-order valence-corrected chi connectivity index (χ3v) is 4.94. The van der Waals surface area contributed by atoms with E-state index in [9.17, 15) is 9.90 Å². The molecule has 1 saturated heterocycles. The van der Waals surface area contributed by atoms with E-state index in [1.54, 1.807) is 0 Å². The molecule has 0 bridgehead atoms. The largest absolute Gasteiger partial charge is 0.393 e. The highest BCUT2D eigenvalue weighted by atomic mass is 16.3. The van der Waals surface area contributed by atoms with Crippen molar-refractivity contribution in [2.75, 3.05) is 13.1 Å². The smallest absolute Gasteiger partial charge is 0.225 e. The predicted octanol–water partition coefficient (Wildman–Crippen LogP) is 2.82. The van der Waals surface area contributed by atoms with Gasteiger partial charge in [-0.05, 0) is 49.9 Å². The number of aliphatic hydroxyl groups excluding tert-OH is 1. The number of likely N-dealkylation sites (tertiary alicyclic amines) is 1. The van der Waals surface area contributed by atoms with Crippen molar-refractivity contribution in [2.24, 2.45) is 17.3 Å². The monoisotopic (exact) mass is 267 g/mol. The second-order valence-electron chi connectivity index (χ2n) is 7.40. The molecule has 2 aliphatic rings. The van der Waals surface area contributed by atoms with Gasteiger partial charge in [-0.1, -0.05) is 20.8 Å². The van der Waals surface area contributed by atoms with E-state index in [1.165, 1.54) is 6.42 Å². The maximum absolute atomic E-state index is 12.4. The van der Waals surface area contributed by atoms with E-state index >= 15 is 0 Å². The Kier molecular flexibility index (Phi) is 4.54. The topological polar surface area (TPSA) is 40.5 Å². The lowest BCUT2D eigenvalue weighted by atomic mass is 9.74. The van der Waals surface area contributed by atoms with Crippen LogP contribution in [-0.2, 0) is 4.79 Å². The summed E-state index contributed by atoms with van der Waals surface area (Å²) in [5.74, 6) is 1.12. The van der Waals surface area contributed by atoms with Crippen molar-refractivity contribution in [3.8, 4) is 0 Å². The van der Waals surface area contributed by atoms with E-state index in [2.05, 4.69) is 20.8 Å². The Balaban J connectivity index is 1.84. The molecule has 1 amide bonds. The quantitative estimate of drug-likeness (QED) is 0.854. The van der Waals surface area contributed by atoms with Crippen LogP contribution in [0.5, 0.6) is 0 Å². The lowest BCUT2D eigenvalue weighted by Crippen LogP contribution is -2.44. The zero-order valence-corrected chi connectivity index (χ0v) is 12.7. The first-order valence-electron chi connectivity index (χ1n) is 7.86. The Bertz CT molecular complexity index is 319. The van der Waals surface area contributed by atoms with Gasteiger partial charge < -0.3 is 10.0 Å². The highest BCUT2D eigenvalue weighted by Crippen LogP contribution is 2.38. The Hall–Kier alpha value is -0.570. The Labute approximate surface area is 117 Å². The lowest BCUT2D eigenvalue weighted by molar-refractivity contribution is -0.138. The van der Waals surface area contributed by atoms with Crippen molar-refractivity contribution in [3.05, 3.63) is 0 Å². The van der Waals surface area contributed by atoms with Gasteiger partial charge in [0.25, 0.3) is 0 Å². The summed E-state index contributed by atoms with van der Waals surface area (Å²) in [6.45, 7) is 8.75. The third-order valence-electron chi connectivity index (χ3n) is 4.94. The summed E-state index contributed by atoms with van der Waals surface area (Å²) in [6.07, 6.45) is 5.63. The Morgan fingerprint density at radius 2 is 1.95 bits per heavy atom. The van der Waals surface area contributed by atoms with E-state index in [4.69, 9.17) is 0 Å². The maximum Gasteiger partial charge on any atom is 0.225 e. The van der Waals surface area contributed by atoms with Gasteiger partial charge in [0, 0.05) is 19.0 Å². The second-order valence-corrected chi connectivity index (χ2v) is 7.40. The number of hydrogen-bond acceptors (Lipinski definition) is 2. The highest BCUT2D eigenvalue weighted by Gasteiger charge is 2.36. The van der Waals surface area contributed by atoms with Crippen molar-refractivity contribution in [1.82, 2.24) is 4.90 Å². The zero-order chi connectivity index (χ0) is 14.0. The highest BCUT2D eigenvalue weighted by molar-refractivity contribution is 5.79. The molecule has 1 N–H and O–H groups in total. The van der Waals surface area contributed by atoms with Crippen LogP contribution in [0.15, 0.2) is 0 Å². The minimum Gasteiger partial charge on any atom is -0.393 e. The molecular formula is C16H29NO2. The molecule has 3 heteroatoms. The first kappa shape index (κ1) is 14.8. The van der Waals surface area contributed by atoms with Gasteiger partial charge >= 0.3 is 0 Å². The van der Waals surface area contributed by atoms with Crippen LogP contribution in [0.3, 0.4) is 0 Å². The summed E-state index contributed by atoms with van der Waals surface area (Å²) >= 11 is 0. The molecule has 0 aromatic heterocycles. The average molecular weight is 267 g/mol. The number of aliphatic hydroxyl groups is 1. The van der Waals surface area contributed by atoms with E-state index < -0.39 is 0 Å². The van der Waals surface area contributed by atoms with Gasteiger partial charge in [-0.15, -0.1) is 0 Å². The van der Waals surface area contributed by atoms with Crippen LogP contribution < -0.4 is 0 Å². The van der Waals surface area contributed by atoms with Crippen molar-refractivity contribution < 1.29 is 9.90 Å². The van der Waals surface area contributed by atoms with Crippen LogP contribution in [-0.4, -0.2) is 35.1 Å². The normalized spacial score (nSPS) is 30.9. The number of nitrogens with zero attached hydrogens (tertiary/aromatic N) is 1. The Morgan fingerprint density at radius 3 is 2.42 bits per heavy atom. The summed E-state index contributed by atoms with van der Waals surface area (Å²) in [6, 6.07) is 0. The number of carbonyl (C=O) groups is 1. The van der Waals surface area contributed by atoms with Gasteiger partial charge in [0.2, 0.25) is 5.91 Å². The Morgan fingerprint density at radius 1 is 1.32 bits per heavy atom. The third kappa shape index (κ3) is 3.71. The van der Waals surface area contributed by atoms with Gasteiger partial charge in [0.15, 0.2) is 0 Å². The van der Waals surface area contributed by atoms with Crippen LogP contribution in [0.4, 0.5) is 0 Å². The molecule has 0 radical (unpaired) electrons. The molecule has 2 fully saturated rings. The second kappa shape index (κ2) is 5.82. The first-order chi connectivity index (χ1) is 8.89. The molecule has 110 valence electrons. The molecule has 2 rings (SSSR count). The van der Waals surface area contributed by atoms with E-state index in [-0.39, 0.29) is 12.0 Å². The summed E-state index contributed by atoms with van der Waals surface area (Å²) in [5.41, 5.74) is 0.417. The standard InChI is InChI=1S/C16H29NO2/c1-12(2)11-16(3)6-8-17(9-7-16)15(19)13-4-5-14(18)10-13/h12-14,18H,4-11H2,1-3H3/t13-,14-/m1/s1. The molecule has 1 aliphatic carbocycles. The van der Waals surface area contributed by atoms with Gasteiger partial charge in [-0.3, -0.25) is 4.79 Å². The molecule has 2 atom stereocenters. The van der Waals surface area contributed by atoms with Crippen molar-refractivity contribution in [1.29, 1.82) is 0 Å². The molecule has 1 saturated carbocycles.